The van der Waals surface area contributed by atoms with Crippen LogP contribution in [0, 0.1) is 0 Å². The Morgan fingerprint density at radius 3 is 2.23 bits per heavy atom. The van der Waals surface area contributed by atoms with Crippen molar-refractivity contribution in [1.29, 1.82) is 0 Å². The summed E-state index contributed by atoms with van der Waals surface area (Å²) < 4.78 is 17.8. The third kappa shape index (κ3) is 7.62. The number of halogens is 3. The number of nitrogens with one attached hydrogen (secondary N) is 1. The average Bonchev–Trinajstić information content (AvgIpc) is 2.77. The van der Waals surface area contributed by atoms with E-state index < -0.39 is 0 Å². The average molecular weight is 527 g/mol. The molecule has 0 aliphatic rings. The van der Waals surface area contributed by atoms with Gasteiger partial charge in [0.1, 0.15) is 12.4 Å². The maximum absolute atomic E-state index is 6.05. The third-order valence-electron chi connectivity index (χ3n) is 4.68. The highest BCUT2D eigenvalue weighted by Gasteiger charge is 2.07. The lowest BCUT2D eigenvalue weighted by molar-refractivity contribution is 0.302. The van der Waals surface area contributed by atoms with Crippen LogP contribution in [0.2, 0.25) is 5.02 Å². The van der Waals surface area contributed by atoms with E-state index >= 15 is 0 Å². The van der Waals surface area contributed by atoms with Crippen LogP contribution in [0.4, 0.5) is 0 Å². The van der Waals surface area contributed by atoms with Crippen LogP contribution in [0.15, 0.2) is 65.1 Å². The maximum atomic E-state index is 6.05. The van der Waals surface area contributed by atoms with E-state index in [-0.39, 0.29) is 12.4 Å². The van der Waals surface area contributed by atoms with Crippen molar-refractivity contribution in [1.82, 2.24) is 5.32 Å². The molecule has 0 fully saturated rings. The largest absolute Gasteiger partial charge is 0.493 e. The first kappa shape index (κ1) is 25.3. The van der Waals surface area contributed by atoms with E-state index in [0.29, 0.717) is 13.2 Å². The first-order valence-electron chi connectivity index (χ1n) is 9.66. The Labute approximate surface area is 203 Å². The zero-order valence-electron chi connectivity index (χ0n) is 17.5. The molecule has 0 aliphatic carbocycles. The quantitative estimate of drug-likeness (QED) is 0.308. The van der Waals surface area contributed by atoms with E-state index in [4.69, 9.17) is 25.8 Å². The van der Waals surface area contributed by atoms with E-state index in [1.165, 1.54) is 5.56 Å². The molecule has 3 aromatic carbocycles. The summed E-state index contributed by atoms with van der Waals surface area (Å²) in [4.78, 5) is 0. The minimum Gasteiger partial charge on any atom is -0.493 e. The lowest BCUT2D eigenvalue weighted by Crippen LogP contribution is -2.17. The minimum atomic E-state index is 0. The number of rotatable bonds is 10. The molecule has 31 heavy (non-hydrogen) atoms. The molecule has 0 unspecified atom stereocenters. The van der Waals surface area contributed by atoms with Crippen LogP contribution in [0.1, 0.15) is 16.7 Å². The number of hydrogen-bond acceptors (Lipinski definition) is 4. The molecule has 166 valence electrons. The predicted molar refractivity (Wildman–Crippen MR) is 132 cm³/mol. The summed E-state index contributed by atoms with van der Waals surface area (Å²) in [5.41, 5.74) is 3.37. The van der Waals surface area contributed by atoms with E-state index in [9.17, 15) is 0 Å². The molecule has 0 heterocycles. The van der Waals surface area contributed by atoms with Crippen molar-refractivity contribution >= 4 is 39.9 Å². The predicted octanol–water partition coefficient (Wildman–Crippen LogP) is 6.45. The Bertz CT molecular complexity index is 968. The lowest BCUT2D eigenvalue weighted by atomic mass is 10.1. The van der Waals surface area contributed by atoms with Gasteiger partial charge in [-0.05, 0) is 66.6 Å². The van der Waals surface area contributed by atoms with E-state index in [1.807, 2.05) is 48.5 Å². The van der Waals surface area contributed by atoms with Gasteiger partial charge in [0.25, 0.3) is 0 Å². The fourth-order valence-corrected chi connectivity index (χ4v) is 3.60. The van der Waals surface area contributed by atoms with Crippen LogP contribution in [0.25, 0.3) is 0 Å². The Balaban J connectivity index is 0.00000341. The highest BCUT2D eigenvalue weighted by atomic mass is 79.9. The highest BCUT2D eigenvalue weighted by Crippen LogP contribution is 2.28. The van der Waals surface area contributed by atoms with E-state index in [2.05, 4.69) is 33.4 Å². The number of hydrogen-bond donors (Lipinski definition) is 1. The fourth-order valence-electron chi connectivity index (χ4n) is 3.06. The van der Waals surface area contributed by atoms with Crippen LogP contribution in [0.5, 0.6) is 17.2 Å². The SMILES string of the molecule is COc1ccc(CCNCc2cc(Br)ccc2OCc2ccc(Cl)cc2)cc1OC.Cl. The molecule has 1 N–H and O–H groups in total. The second-order valence-corrected chi connectivity index (χ2v) is 8.14. The molecular formula is C24H26BrCl2NO3. The van der Waals surface area contributed by atoms with Gasteiger partial charge in [0.2, 0.25) is 0 Å². The van der Waals surface area contributed by atoms with Crippen LogP contribution < -0.4 is 19.5 Å². The highest BCUT2D eigenvalue weighted by molar-refractivity contribution is 9.10. The summed E-state index contributed by atoms with van der Waals surface area (Å²) in [6.07, 6.45) is 0.884. The molecule has 0 radical (unpaired) electrons. The van der Waals surface area contributed by atoms with Gasteiger partial charge < -0.3 is 19.5 Å². The number of benzene rings is 3. The number of ether oxygens (including phenoxy) is 3. The molecule has 3 rings (SSSR count). The topological polar surface area (TPSA) is 39.7 Å². The molecule has 4 nitrogen and oxygen atoms in total. The van der Waals surface area contributed by atoms with Gasteiger partial charge in [0.05, 0.1) is 14.2 Å². The van der Waals surface area contributed by atoms with Gasteiger partial charge >= 0.3 is 0 Å². The molecule has 0 spiro atoms. The third-order valence-corrected chi connectivity index (χ3v) is 5.43. The van der Waals surface area contributed by atoms with Gasteiger partial charge in [-0.3, -0.25) is 0 Å². The zero-order chi connectivity index (χ0) is 21.3. The smallest absolute Gasteiger partial charge is 0.160 e. The molecule has 0 aliphatic heterocycles. The second kappa shape index (κ2) is 12.8. The van der Waals surface area contributed by atoms with Gasteiger partial charge in [-0.25, -0.2) is 0 Å². The summed E-state index contributed by atoms with van der Waals surface area (Å²) in [5.74, 6) is 2.36. The summed E-state index contributed by atoms with van der Waals surface area (Å²) in [5, 5.41) is 4.22. The van der Waals surface area contributed by atoms with Crippen LogP contribution in [-0.4, -0.2) is 20.8 Å². The maximum Gasteiger partial charge on any atom is 0.160 e. The first-order chi connectivity index (χ1) is 14.6. The number of methoxy groups -OCH3 is 2. The van der Waals surface area contributed by atoms with Crippen LogP contribution in [0.3, 0.4) is 0 Å². The second-order valence-electron chi connectivity index (χ2n) is 6.78. The van der Waals surface area contributed by atoms with Crippen molar-refractivity contribution in [3.05, 3.63) is 86.8 Å². The Hall–Kier alpha value is -1.92. The van der Waals surface area contributed by atoms with Crippen molar-refractivity contribution in [2.45, 2.75) is 19.6 Å². The van der Waals surface area contributed by atoms with Crippen molar-refractivity contribution in [2.24, 2.45) is 0 Å². The van der Waals surface area contributed by atoms with Gasteiger partial charge in [0.15, 0.2) is 11.5 Å². The molecule has 0 bridgehead atoms. The summed E-state index contributed by atoms with van der Waals surface area (Å²) in [7, 11) is 3.29. The van der Waals surface area contributed by atoms with Crippen LogP contribution in [-0.2, 0) is 19.6 Å². The molecule has 0 saturated heterocycles. The van der Waals surface area contributed by atoms with E-state index in [1.54, 1.807) is 14.2 Å². The normalized spacial score (nSPS) is 10.3. The minimum absolute atomic E-state index is 0. The fraction of sp³-hybridized carbons (Fsp3) is 0.250. The monoisotopic (exact) mass is 525 g/mol. The standard InChI is InChI=1S/C24H25BrClNO3.ClH/c1-28-23-9-5-17(13-24(23)29-2)11-12-27-15-19-14-20(25)6-10-22(19)30-16-18-3-7-21(26)8-4-18;/h3-10,13-14,27H,11-12,15-16H2,1-2H3;1H. The molecule has 0 aromatic heterocycles. The lowest BCUT2D eigenvalue weighted by Gasteiger charge is -2.14. The molecule has 3 aromatic rings. The van der Waals surface area contributed by atoms with Crippen LogP contribution >= 0.6 is 39.9 Å². The Morgan fingerprint density at radius 2 is 1.52 bits per heavy atom. The molecule has 0 saturated carbocycles. The molecule has 7 heteroatoms. The van der Waals surface area contributed by atoms with Crippen molar-refractivity contribution in [3.8, 4) is 17.2 Å². The summed E-state index contributed by atoms with van der Waals surface area (Å²) in [6.45, 7) is 2.04. The first-order valence-corrected chi connectivity index (χ1v) is 10.8. The Morgan fingerprint density at radius 1 is 0.839 bits per heavy atom. The van der Waals surface area contributed by atoms with Gasteiger partial charge in [0, 0.05) is 21.6 Å². The Kier molecular flexibility index (Phi) is 10.5. The summed E-state index contributed by atoms with van der Waals surface area (Å²) in [6, 6.07) is 19.8. The molecular weight excluding hydrogens is 501 g/mol. The molecule has 0 atom stereocenters. The summed E-state index contributed by atoms with van der Waals surface area (Å²) >= 11 is 9.50. The van der Waals surface area contributed by atoms with Gasteiger partial charge in [-0.2, -0.15) is 0 Å². The van der Waals surface area contributed by atoms with Crippen molar-refractivity contribution < 1.29 is 14.2 Å². The van der Waals surface area contributed by atoms with Gasteiger partial charge in [-0.1, -0.05) is 45.7 Å². The zero-order valence-corrected chi connectivity index (χ0v) is 20.6. The van der Waals surface area contributed by atoms with Crippen molar-refractivity contribution in [2.75, 3.05) is 20.8 Å². The van der Waals surface area contributed by atoms with E-state index in [0.717, 1.165) is 50.8 Å². The molecule has 0 amide bonds. The van der Waals surface area contributed by atoms with Crippen molar-refractivity contribution in [3.63, 3.8) is 0 Å². The van der Waals surface area contributed by atoms with Gasteiger partial charge in [-0.15, -0.1) is 12.4 Å².